The normalized spacial score (nSPS) is 10.6. The first-order valence-electron chi connectivity index (χ1n) is 9.04. The first-order chi connectivity index (χ1) is 13.0. The topological polar surface area (TPSA) is 96.7 Å². The van der Waals surface area contributed by atoms with E-state index in [1.807, 2.05) is 24.3 Å². The van der Waals surface area contributed by atoms with Crippen LogP contribution in [0, 0.1) is 0 Å². The predicted octanol–water partition coefficient (Wildman–Crippen LogP) is 2.68. The molecule has 144 valence electrons. The number of carbonyl (C=O) groups excluding carboxylic acids is 1. The number of carboxylic acids is 1. The van der Waals surface area contributed by atoms with Crippen LogP contribution in [0.3, 0.4) is 0 Å². The molecule has 6 heteroatoms. The lowest BCUT2D eigenvalue weighted by Gasteiger charge is -2.17. The number of nitrogens with zero attached hydrogens (tertiary/aromatic N) is 1. The van der Waals surface area contributed by atoms with E-state index in [9.17, 15) is 14.7 Å². The van der Waals surface area contributed by atoms with E-state index in [0.717, 1.165) is 22.3 Å². The van der Waals surface area contributed by atoms with Crippen LogP contribution in [0.25, 0.3) is 0 Å². The number of carboxylic acid groups (broad SMARTS) is 1. The monoisotopic (exact) mass is 371 g/mol. The summed E-state index contributed by atoms with van der Waals surface area (Å²) in [5.41, 5.74) is 4.52. The van der Waals surface area contributed by atoms with Crippen LogP contribution in [0.4, 0.5) is 0 Å². The van der Waals surface area contributed by atoms with E-state index in [2.05, 4.69) is 4.98 Å². The van der Waals surface area contributed by atoms with Crippen LogP contribution in [0.2, 0.25) is 0 Å². The summed E-state index contributed by atoms with van der Waals surface area (Å²) in [6.07, 6.45) is 5.15. The van der Waals surface area contributed by atoms with Gasteiger partial charge in [-0.15, -0.1) is 0 Å². The lowest BCUT2D eigenvalue weighted by molar-refractivity contribution is -0.143. The van der Waals surface area contributed by atoms with Crippen molar-refractivity contribution in [2.75, 3.05) is 6.61 Å². The molecule has 2 aromatic rings. The molecule has 27 heavy (non-hydrogen) atoms. The van der Waals surface area contributed by atoms with Crippen molar-refractivity contribution < 1.29 is 24.5 Å². The quantitative estimate of drug-likeness (QED) is 0.623. The van der Waals surface area contributed by atoms with Crippen LogP contribution in [0.15, 0.2) is 36.7 Å². The maximum absolute atomic E-state index is 11.8. The second-order valence-corrected chi connectivity index (χ2v) is 6.29. The first kappa shape index (κ1) is 20.6. The standard InChI is InChI=1S/C21H25NO5/c1-2-27-21(26)8-6-18-11-16(14-23)10-17(5-7-20(24)25)19(18)12-15-4-3-9-22-13-15/h3-4,9-11,13,23H,2,5-8,12,14H2,1H3,(H,24,25). The second-order valence-electron chi connectivity index (χ2n) is 6.29. The molecule has 0 amide bonds. The summed E-state index contributed by atoms with van der Waals surface area (Å²) in [5.74, 6) is -1.14. The molecule has 2 rings (SSSR count). The van der Waals surface area contributed by atoms with Crippen LogP contribution >= 0.6 is 0 Å². The highest BCUT2D eigenvalue weighted by molar-refractivity contribution is 5.70. The van der Waals surface area contributed by atoms with E-state index in [0.29, 0.717) is 31.4 Å². The number of carbonyl (C=O) groups is 2. The van der Waals surface area contributed by atoms with Gasteiger partial charge in [0.1, 0.15) is 0 Å². The average molecular weight is 371 g/mol. The number of ether oxygens (including phenoxy) is 1. The highest BCUT2D eigenvalue weighted by Gasteiger charge is 2.15. The molecule has 1 aromatic carbocycles. The summed E-state index contributed by atoms with van der Waals surface area (Å²) >= 11 is 0. The number of aliphatic hydroxyl groups is 1. The highest BCUT2D eigenvalue weighted by atomic mass is 16.5. The summed E-state index contributed by atoms with van der Waals surface area (Å²) in [5, 5.41) is 18.7. The minimum atomic E-state index is -0.871. The van der Waals surface area contributed by atoms with Gasteiger partial charge >= 0.3 is 11.9 Å². The number of hydrogen-bond donors (Lipinski definition) is 2. The third-order valence-electron chi connectivity index (χ3n) is 4.29. The van der Waals surface area contributed by atoms with E-state index in [4.69, 9.17) is 9.84 Å². The maximum Gasteiger partial charge on any atom is 0.306 e. The first-order valence-corrected chi connectivity index (χ1v) is 9.04. The number of pyridine rings is 1. The number of aryl methyl sites for hydroxylation is 2. The van der Waals surface area contributed by atoms with Crippen molar-refractivity contribution in [1.29, 1.82) is 0 Å². The Morgan fingerprint density at radius 2 is 1.81 bits per heavy atom. The molecule has 0 fully saturated rings. The number of aliphatic carboxylic acids is 1. The number of aromatic nitrogens is 1. The molecule has 1 heterocycles. The van der Waals surface area contributed by atoms with Crippen LogP contribution < -0.4 is 0 Å². The van der Waals surface area contributed by atoms with Gasteiger partial charge in [0.15, 0.2) is 0 Å². The zero-order valence-corrected chi connectivity index (χ0v) is 15.5. The summed E-state index contributed by atoms with van der Waals surface area (Å²) < 4.78 is 5.01. The van der Waals surface area contributed by atoms with Gasteiger partial charge in [0.2, 0.25) is 0 Å². The molecule has 0 aliphatic rings. The average Bonchev–Trinajstić information content (AvgIpc) is 2.66. The molecule has 1 aromatic heterocycles. The van der Waals surface area contributed by atoms with Gasteiger partial charge in [-0.1, -0.05) is 18.2 Å². The van der Waals surface area contributed by atoms with Crippen LogP contribution in [-0.4, -0.2) is 33.7 Å². The fourth-order valence-electron chi connectivity index (χ4n) is 3.05. The van der Waals surface area contributed by atoms with Gasteiger partial charge in [0.05, 0.1) is 13.2 Å². The molecule has 0 atom stereocenters. The highest BCUT2D eigenvalue weighted by Crippen LogP contribution is 2.24. The van der Waals surface area contributed by atoms with Crippen LogP contribution in [-0.2, 0) is 40.2 Å². The van der Waals surface area contributed by atoms with Crippen molar-refractivity contribution in [2.24, 2.45) is 0 Å². The molecule has 0 bridgehead atoms. The Labute approximate surface area is 158 Å². The van der Waals surface area contributed by atoms with Crippen molar-refractivity contribution >= 4 is 11.9 Å². The zero-order chi connectivity index (χ0) is 19.6. The van der Waals surface area contributed by atoms with Gasteiger partial charge in [-0.3, -0.25) is 14.6 Å². The summed E-state index contributed by atoms with van der Waals surface area (Å²) in [6.45, 7) is 1.96. The van der Waals surface area contributed by atoms with Gasteiger partial charge in [-0.25, -0.2) is 0 Å². The molecule has 0 saturated heterocycles. The summed E-state index contributed by atoms with van der Waals surface area (Å²) in [4.78, 5) is 27.0. The Morgan fingerprint density at radius 1 is 1.11 bits per heavy atom. The SMILES string of the molecule is CCOC(=O)CCc1cc(CO)cc(CCC(=O)O)c1Cc1cccnc1. The zero-order valence-electron chi connectivity index (χ0n) is 15.5. The molecule has 0 saturated carbocycles. The van der Waals surface area contributed by atoms with Crippen molar-refractivity contribution in [3.63, 3.8) is 0 Å². The van der Waals surface area contributed by atoms with Crippen LogP contribution in [0.5, 0.6) is 0 Å². The molecule has 2 N–H and O–H groups in total. The minimum absolute atomic E-state index is 0.00619. The number of hydrogen-bond acceptors (Lipinski definition) is 5. The fourth-order valence-corrected chi connectivity index (χ4v) is 3.05. The lowest BCUT2D eigenvalue weighted by atomic mass is 9.89. The molecular formula is C21H25NO5. The smallest absolute Gasteiger partial charge is 0.306 e. The fraction of sp³-hybridized carbons (Fsp3) is 0.381. The number of esters is 1. The van der Waals surface area contributed by atoms with Gasteiger partial charge < -0.3 is 14.9 Å². The maximum atomic E-state index is 11.8. The van der Waals surface area contributed by atoms with E-state index in [1.165, 1.54) is 0 Å². The predicted molar refractivity (Wildman–Crippen MR) is 100 cm³/mol. The molecule has 0 aliphatic carbocycles. The van der Waals surface area contributed by atoms with Crippen molar-refractivity contribution in [2.45, 2.75) is 45.6 Å². The molecule has 6 nitrogen and oxygen atoms in total. The van der Waals surface area contributed by atoms with Gasteiger partial charge in [-0.2, -0.15) is 0 Å². The Balaban J connectivity index is 2.38. The van der Waals surface area contributed by atoms with E-state index < -0.39 is 5.97 Å². The van der Waals surface area contributed by atoms with Gasteiger partial charge in [0, 0.05) is 25.2 Å². The molecular weight excluding hydrogens is 346 g/mol. The lowest BCUT2D eigenvalue weighted by Crippen LogP contribution is -2.10. The third kappa shape index (κ3) is 6.49. The van der Waals surface area contributed by atoms with E-state index >= 15 is 0 Å². The van der Waals surface area contributed by atoms with E-state index in [-0.39, 0.29) is 25.4 Å². The molecule has 0 unspecified atom stereocenters. The van der Waals surface area contributed by atoms with Crippen LogP contribution in [0.1, 0.15) is 47.6 Å². The molecule has 0 spiro atoms. The minimum Gasteiger partial charge on any atom is -0.481 e. The van der Waals surface area contributed by atoms with Crippen molar-refractivity contribution in [1.82, 2.24) is 4.98 Å². The van der Waals surface area contributed by atoms with Crippen molar-refractivity contribution in [3.8, 4) is 0 Å². The summed E-state index contributed by atoms with van der Waals surface area (Å²) in [7, 11) is 0. The Bertz CT molecular complexity index is 774. The Morgan fingerprint density at radius 3 is 2.37 bits per heavy atom. The van der Waals surface area contributed by atoms with Gasteiger partial charge in [-0.05, 0) is 60.1 Å². The van der Waals surface area contributed by atoms with Gasteiger partial charge in [0.25, 0.3) is 0 Å². The largest absolute Gasteiger partial charge is 0.481 e. The Hall–Kier alpha value is -2.73. The number of aliphatic hydroxyl groups excluding tert-OH is 1. The number of rotatable bonds is 10. The Kier molecular flexibility index (Phi) is 7.95. The number of benzene rings is 1. The molecule has 0 aliphatic heterocycles. The van der Waals surface area contributed by atoms with E-state index in [1.54, 1.807) is 19.3 Å². The second kappa shape index (κ2) is 10.4. The summed E-state index contributed by atoms with van der Waals surface area (Å²) in [6, 6.07) is 7.55. The van der Waals surface area contributed by atoms with Crippen molar-refractivity contribution in [3.05, 3.63) is 64.5 Å². The molecule has 0 radical (unpaired) electrons. The third-order valence-corrected chi connectivity index (χ3v) is 4.29.